The highest BCUT2D eigenvalue weighted by molar-refractivity contribution is 5.77. The topological polar surface area (TPSA) is 49.3 Å². The number of carbonyl (C=O) groups is 1. The lowest BCUT2D eigenvalue weighted by molar-refractivity contribution is -0.123. The summed E-state index contributed by atoms with van der Waals surface area (Å²) >= 11 is 0. The lowest BCUT2D eigenvalue weighted by Gasteiger charge is -2.31. The van der Waals surface area contributed by atoms with Crippen molar-refractivity contribution in [2.45, 2.75) is 52.5 Å². The summed E-state index contributed by atoms with van der Waals surface area (Å²) in [5.41, 5.74) is 0.846. The molecule has 0 aliphatic heterocycles. The minimum Gasteiger partial charge on any atom is -0.396 e. The fourth-order valence-electron chi connectivity index (χ4n) is 2.29. The number of aliphatic hydroxyl groups excluding tert-OH is 1. The van der Waals surface area contributed by atoms with E-state index in [9.17, 15) is 9.18 Å². The zero-order valence-electron chi connectivity index (χ0n) is 13.3. The van der Waals surface area contributed by atoms with Gasteiger partial charge in [-0.15, -0.1) is 0 Å². The highest BCUT2D eigenvalue weighted by atomic mass is 19.1. The average molecular weight is 295 g/mol. The van der Waals surface area contributed by atoms with Gasteiger partial charge in [-0.2, -0.15) is 0 Å². The number of rotatable bonds is 6. The molecule has 0 spiro atoms. The smallest absolute Gasteiger partial charge is 0.220 e. The van der Waals surface area contributed by atoms with E-state index in [1.807, 2.05) is 27.7 Å². The van der Waals surface area contributed by atoms with Gasteiger partial charge in [0, 0.05) is 19.1 Å². The van der Waals surface area contributed by atoms with E-state index in [1.165, 1.54) is 12.1 Å². The van der Waals surface area contributed by atoms with Crippen LogP contribution in [0.2, 0.25) is 0 Å². The first kappa shape index (κ1) is 17.6. The molecule has 4 heteroatoms. The lowest BCUT2D eigenvalue weighted by atomic mass is 9.84. The van der Waals surface area contributed by atoms with Crippen LogP contribution in [-0.2, 0) is 4.79 Å². The molecule has 0 fully saturated rings. The molecule has 0 saturated heterocycles. The fraction of sp³-hybridized carbons (Fsp3) is 0.588. The predicted octanol–water partition coefficient (Wildman–Crippen LogP) is 3.23. The average Bonchev–Trinajstić information content (AvgIpc) is 2.37. The van der Waals surface area contributed by atoms with Gasteiger partial charge in [-0.3, -0.25) is 4.79 Å². The maximum atomic E-state index is 12.9. The van der Waals surface area contributed by atoms with Gasteiger partial charge in [-0.1, -0.05) is 39.8 Å². The second-order valence-corrected chi connectivity index (χ2v) is 6.66. The van der Waals surface area contributed by atoms with Gasteiger partial charge in [0.15, 0.2) is 0 Å². The van der Waals surface area contributed by atoms with Gasteiger partial charge >= 0.3 is 0 Å². The van der Waals surface area contributed by atoms with Crippen molar-refractivity contribution in [1.82, 2.24) is 5.32 Å². The quantitative estimate of drug-likeness (QED) is 0.846. The van der Waals surface area contributed by atoms with Crippen LogP contribution in [0.25, 0.3) is 0 Å². The SMILES string of the molecule is CC(CC(=O)NC(CCO)C(C)(C)C)c1ccc(F)cc1. The Morgan fingerprint density at radius 1 is 1.29 bits per heavy atom. The molecule has 1 aromatic rings. The van der Waals surface area contributed by atoms with Crippen LogP contribution in [0.5, 0.6) is 0 Å². The number of halogens is 1. The van der Waals surface area contributed by atoms with Crippen molar-refractivity contribution in [3.8, 4) is 0 Å². The number of hydrogen-bond acceptors (Lipinski definition) is 2. The number of aliphatic hydroxyl groups is 1. The van der Waals surface area contributed by atoms with Crippen LogP contribution in [0.4, 0.5) is 4.39 Å². The number of benzene rings is 1. The van der Waals surface area contributed by atoms with Crippen LogP contribution in [0, 0.1) is 11.2 Å². The highest BCUT2D eigenvalue weighted by Crippen LogP contribution is 2.23. The third-order valence-electron chi connectivity index (χ3n) is 3.73. The molecule has 1 amide bonds. The Balaban J connectivity index is 2.61. The molecule has 2 N–H and O–H groups in total. The standard InChI is InChI=1S/C17H26FNO2/c1-12(13-5-7-14(18)8-6-13)11-16(21)19-15(9-10-20)17(2,3)4/h5-8,12,15,20H,9-11H2,1-4H3,(H,19,21). The van der Waals surface area contributed by atoms with Crippen molar-refractivity contribution in [2.24, 2.45) is 5.41 Å². The summed E-state index contributed by atoms with van der Waals surface area (Å²) in [7, 11) is 0. The number of amides is 1. The Labute approximate surface area is 126 Å². The number of nitrogens with one attached hydrogen (secondary N) is 1. The summed E-state index contributed by atoms with van der Waals surface area (Å²) < 4.78 is 12.9. The molecule has 0 saturated carbocycles. The van der Waals surface area contributed by atoms with E-state index in [-0.39, 0.29) is 35.7 Å². The maximum absolute atomic E-state index is 12.9. The van der Waals surface area contributed by atoms with E-state index in [0.29, 0.717) is 12.8 Å². The molecule has 1 rings (SSSR count). The molecule has 0 heterocycles. The Morgan fingerprint density at radius 3 is 2.33 bits per heavy atom. The van der Waals surface area contributed by atoms with E-state index in [4.69, 9.17) is 5.11 Å². The molecular formula is C17H26FNO2. The maximum Gasteiger partial charge on any atom is 0.220 e. The molecule has 0 bridgehead atoms. The second-order valence-electron chi connectivity index (χ2n) is 6.66. The largest absolute Gasteiger partial charge is 0.396 e. The molecule has 0 aromatic heterocycles. The number of carbonyl (C=O) groups excluding carboxylic acids is 1. The molecule has 0 radical (unpaired) electrons. The molecule has 118 valence electrons. The van der Waals surface area contributed by atoms with Crippen molar-refractivity contribution >= 4 is 5.91 Å². The summed E-state index contributed by atoms with van der Waals surface area (Å²) in [6.07, 6.45) is 0.893. The summed E-state index contributed by atoms with van der Waals surface area (Å²) in [4.78, 5) is 12.2. The second kappa shape index (κ2) is 7.55. The van der Waals surface area contributed by atoms with Crippen LogP contribution in [0.15, 0.2) is 24.3 Å². The molecule has 2 unspecified atom stereocenters. The Hall–Kier alpha value is -1.42. The summed E-state index contributed by atoms with van der Waals surface area (Å²) in [5.74, 6) is -0.285. The zero-order valence-corrected chi connectivity index (χ0v) is 13.3. The summed E-state index contributed by atoms with van der Waals surface area (Å²) in [5, 5.41) is 12.1. The Kier molecular flexibility index (Phi) is 6.34. The van der Waals surface area contributed by atoms with Crippen LogP contribution < -0.4 is 5.32 Å². The van der Waals surface area contributed by atoms with Gasteiger partial charge in [0.05, 0.1) is 0 Å². The van der Waals surface area contributed by atoms with Gasteiger partial charge in [-0.25, -0.2) is 4.39 Å². The van der Waals surface area contributed by atoms with Crippen molar-refractivity contribution in [3.05, 3.63) is 35.6 Å². The zero-order chi connectivity index (χ0) is 16.0. The summed E-state index contributed by atoms with van der Waals surface area (Å²) in [6, 6.07) is 6.18. The van der Waals surface area contributed by atoms with Crippen molar-refractivity contribution < 1.29 is 14.3 Å². The normalized spacial score (nSPS) is 14.6. The van der Waals surface area contributed by atoms with Gasteiger partial charge in [0.25, 0.3) is 0 Å². The van der Waals surface area contributed by atoms with E-state index in [0.717, 1.165) is 5.56 Å². The molecule has 2 atom stereocenters. The first-order valence-corrected chi connectivity index (χ1v) is 7.39. The fourth-order valence-corrected chi connectivity index (χ4v) is 2.29. The van der Waals surface area contributed by atoms with Crippen LogP contribution in [0.3, 0.4) is 0 Å². The molecule has 21 heavy (non-hydrogen) atoms. The minimum atomic E-state index is -0.272. The molecule has 1 aromatic carbocycles. The van der Waals surface area contributed by atoms with Gasteiger partial charge in [-0.05, 0) is 35.4 Å². The molecule has 0 aliphatic carbocycles. The van der Waals surface area contributed by atoms with E-state index < -0.39 is 0 Å². The summed E-state index contributed by atoms with van der Waals surface area (Å²) in [6.45, 7) is 8.12. The predicted molar refractivity (Wildman–Crippen MR) is 82.5 cm³/mol. The first-order chi connectivity index (χ1) is 9.74. The van der Waals surface area contributed by atoms with Gasteiger partial charge < -0.3 is 10.4 Å². The first-order valence-electron chi connectivity index (χ1n) is 7.39. The lowest BCUT2D eigenvalue weighted by Crippen LogP contribution is -2.44. The number of hydrogen-bond donors (Lipinski definition) is 2. The van der Waals surface area contributed by atoms with Gasteiger partial charge in [0.2, 0.25) is 5.91 Å². The Bertz CT molecular complexity index is 451. The van der Waals surface area contributed by atoms with Crippen LogP contribution in [-0.4, -0.2) is 23.7 Å². The van der Waals surface area contributed by atoms with E-state index >= 15 is 0 Å². The van der Waals surface area contributed by atoms with Crippen molar-refractivity contribution in [1.29, 1.82) is 0 Å². The third-order valence-corrected chi connectivity index (χ3v) is 3.73. The molecular weight excluding hydrogens is 269 g/mol. The van der Waals surface area contributed by atoms with Crippen LogP contribution in [0.1, 0.15) is 52.0 Å². The monoisotopic (exact) mass is 295 g/mol. The molecule has 0 aliphatic rings. The van der Waals surface area contributed by atoms with E-state index in [1.54, 1.807) is 12.1 Å². The third kappa shape index (κ3) is 5.84. The Morgan fingerprint density at radius 2 is 1.86 bits per heavy atom. The van der Waals surface area contributed by atoms with Crippen molar-refractivity contribution in [2.75, 3.05) is 6.61 Å². The minimum absolute atomic E-state index is 0.0281. The van der Waals surface area contributed by atoms with Gasteiger partial charge in [0.1, 0.15) is 5.82 Å². The van der Waals surface area contributed by atoms with E-state index in [2.05, 4.69) is 5.32 Å². The van der Waals surface area contributed by atoms with Crippen LogP contribution >= 0.6 is 0 Å². The molecule has 3 nitrogen and oxygen atoms in total. The highest BCUT2D eigenvalue weighted by Gasteiger charge is 2.26. The van der Waals surface area contributed by atoms with Crippen molar-refractivity contribution in [3.63, 3.8) is 0 Å².